The van der Waals surface area contributed by atoms with Crippen molar-refractivity contribution in [1.29, 1.82) is 0 Å². The van der Waals surface area contributed by atoms with E-state index in [2.05, 4.69) is 36.2 Å². The van der Waals surface area contributed by atoms with Crippen LogP contribution in [0, 0.1) is 5.41 Å². The largest absolute Gasteiger partial charge is 0.348 e. The molecule has 3 aromatic heterocycles. The second kappa shape index (κ2) is 9.13. The number of nitrogens with one attached hydrogen (secondary N) is 1. The van der Waals surface area contributed by atoms with E-state index in [1.54, 1.807) is 22.9 Å². The van der Waals surface area contributed by atoms with E-state index in [-0.39, 0.29) is 16.9 Å². The highest BCUT2D eigenvalue weighted by Gasteiger charge is 2.30. The number of nitrogens with zero attached hydrogens (tertiary/aromatic N) is 3. The number of fused-ring (bicyclic) bond motifs is 1. The van der Waals surface area contributed by atoms with Gasteiger partial charge >= 0.3 is 0 Å². The van der Waals surface area contributed by atoms with Crippen molar-refractivity contribution in [2.45, 2.75) is 59.0 Å². The Morgan fingerprint density at radius 2 is 1.86 bits per heavy atom. The summed E-state index contributed by atoms with van der Waals surface area (Å²) >= 11 is 0. The summed E-state index contributed by atoms with van der Waals surface area (Å²) in [6.45, 7) is 7.31. The second-order valence-electron chi connectivity index (χ2n) is 10.6. The van der Waals surface area contributed by atoms with Gasteiger partial charge in [0, 0.05) is 30.4 Å². The lowest BCUT2D eigenvalue weighted by atomic mass is 9.89. The second-order valence-corrected chi connectivity index (χ2v) is 10.6. The van der Waals surface area contributed by atoms with E-state index in [0.29, 0.717) is 42.1 Å². The average Bonchev–Trinajstić information content (AvgIpc) is 3.60. The first-order valence-electron chi connectivity index (χ1n) is 12.1. The summed E-state index contributed by atoms with van der Waals surface area (Å²) in [5, 5.41) is 8.05. The van der Waals surface area contributed by atoms with Crippen LogP contribution in [0.1, 0.15) is 72.4 Å². The number of hydrogen-bond acceptors (Lipinski definition) is 5. The first-order chi connectivity index (χ1) is 16.8. The number of amides is 1. The van der Waals surface area contributed by atoms with Gasteiger partial charge in [-0.15, -0.1) is 0 Å². The molecular weight excluding hydrogens is 440 g/mol. The summed E-state index contributed by atoms with van der Waals surface area (Å²) in [4.78, 5) is 30.0. The van der Waals surface area contributed by atoms with Gasteiger partial charge in [0.05, 0.1) is 23.2 Å². The molecule has 0 unspecified atom stereocenters. The van der Waals surface area contributed by atoms with Crippen LogP contribution in [0.3, 0.4) is 0 Å². The summed E-state index contributed by atoms with van der Waals surface area (Å²) in [5.74, 6) is 0.240. The maximum Gasteiger partial charge on any atom is 0.259 e. The number of hydrogen-bond donors (Lipinski definition) is 1. The fraction of sp³-hybridized carbons (Fsp3) is 0.357. The van der Waals surface area contributed by atoms with E-state index in [9.17, 15) is 9.59 Å². The Morgan fingerprint density at radius 3 is 2.54 bits per heavy atom. The Kier molecular flexibility index (Phi) is 6.01. The van der Waals surface area contributed by atoms with Gasteiger partial charge in [-0.3, -0.25) is 9.59 Å². The molecule has 0 spiro atoms. The summed E-state index contributed by atoms with van der Waals surface area (Å²) in [7, 11) is 0. The highest BCUT2D eigenvalue weighted by atomic mass is 16.5. The highest BCUT2D eigenvalue weighted by molar-refractivity contribution is 6.06. The molecule has 0 atom stereocenters. The van der Waals surface area contributed by atoms with E-state index in [1.807, 2.05) is 36.4 Å². The van der Waals surface area contributed by atoms with E-state index in [1.165, 1.54) is 0 Å². The van der Waals surface area contributed by atoms with Crippen LogP contribution in [0.4, 0.5) is 0 Å². The Morgan fingerprint density at radius 1 is 1.11 bits per heavy atom. The molecule has 7 nitrogen and oxygen atoms in total. The fourth-order valence-electron chi connectivity index (χ4n) is 4.25. The van der Waals surface area contributed by atoms with Crippen LogP contribution in [0.5, 0.6) is 0 Å². The number of carbonyl (C=O) groups excluding carboxylic acids is 1. The van der Waals surface area contributed by atoms with Gasteiger partial charge < -0.3 is 14.4 Å². The Labute approximate surface area is 204 Å². The molecule has 5 rings (SSSR count). The molecule has 0 aliphatic heterocycles. The van der Waals surface area contributed by atoms with Crippen LogP contribution in [0.15, 0.2) is 64.0 Å². The van der Waals surface area contributed by atoms with Gasteiger partial charge in [0.1, 0.15) is 0 Å². The topological polar surface area (TPSA) is 90.0 Å². The SMILES string of the molecule is CC(C)(C)Cc1noc2nc(C3CC3)cc(C(=O)NCc3ccc(Cn4ccccc4=O)cc3)c12. The van der Waals surface area contributed by atoms with Crippen LogP contribution in [0.2, 0.25) is 0 Å². The first-order valence-corrected chi connectivity index (χ1v) is 12.1. The molecule has 1 aliphatic rings. The van der Waals surface area contributed by atoms with Crippen molar-refractivity contribution < 1.29 is 9.32 Å². The predicted octanol–water partition coefficient (Wildman–Crippen LogP) is 4.83. The Balaban J connectivity index is 1.34. The van der Waals surface area contributed by atoms with Gasteiger partial charge in [-0.1, -0.05) is 56.3 Å². The molecule has 1 amide bonds. The van der Waals surface area contributed by atoms with Crippen LogP contribution >= 0.6 is 0 Å². The van der Waals surface area contributed by atoms with Crippen LogP contribution < -0.4 is 10.9 Å². The predicted molar refractivity (Wildman–Crippen MR) is 134 cm³/mol. The van der Waals surface area contributed by atoms with E-state index < -0.39 is 0 Å². The van der Waals surface area contributed by atoms with E-state index >= 15 is 0 Å². The molecule has 35 heavy (non-hydrogen) atoms. The molecular formula is C28H30N4O3. The number of rotatable bonds is 7. The average molecular weight is 471 g/mol. The number of aromatic nitrogens is 3. The lowest BCUT2D eigenvalue weighted by Gasteiger charge is -2.16. The van der Waals surface area contributed by atoms with Crippen LogP contribution in [-0.4, -0.2) is 20.6 Å². The zero-order chi connectivity index (χ0) is 24.6. The molecule has 180 valence electrons. The van der Waals surface area contributed by atoms with Crippen molar-refractivity contribution in [3.8, 4) is 0 Å². The molecule has 1 fully saturated rings. The van der Waals surface area contributed by atoms with Crippen molar-refractivity contribution in [3.63, 3.8) is 0 Å². The molecule has 1 aliphatic carbocycles. The normalized spacial score (nSPS) is 13.8. The zero-order valence-corrected chi connectivity index (χ0v) is 20.4. The van der Waals surface area contributed by atoms with Crippen molar-refractivity contribution in [2.75, 3.05) is 0 Å². The smallest absolute Gasteiger partial charge is 0.259 e. The standard InChI is InChI=1S/C28H30N4O3/c1-28(2,3)15-23-25-21(14-22(20-11-12-20)30-27(25)35-31-23)26(34)29-16-18-7-9-19(10-8-18)17-32-13-5-4-6-24(32)33/h4-10,13-14,20H,11-12,15-17H2,1-3H3,(H,29,34). The zero-order valence-electron chi connectivity index (χ0n) is 20.4. The number of pyridine rings is 2. The molecule has 3 heterocycles. The van der Waals surface area contributed by atoms with Crippen LogP contribution in [0.25, 0.3) is 11.1 Å². The Hall–Kier alpha value is -3.74. The summed E-state index contributed by atoms with van der Waals surface area (Å²) in [6, 6.07) is 15.0. The minimum absolute atomic E-state index is 0.000647. The summed E-state index contributed by atoms with van der Waals surface area (Å²) < 4.78 is 7.24. The van der Waals surface area contributed by atoms with E-state index in [4.69, 9.17) is 4.52 Å². The monoisotopic (exact) mass is 470 g/mol. The molecule has 0 bridgehead atoms. The summed E-state index contributed by atoms with van der Waals surface area (Å²) in [5.41, 5.74) is 4.67. The lowest BCUT2D eigenvalue weighted by Crippen LogP contribution is -2.24. The maximum atomic E-state index is 13.3. The van der Waals surface area contributed by atoms with Gasteiger partial charge in [-0.05, 0) is 47.9 Å². The number of carbonyl (C=O) groups is 1. The third-order valence-corrected chi connectivity index (χ3v) is 6.20. The van der Waals surface area contributed by atoms with Crippen molar-refractivity contribution in [3.05, 3.63) is 93.2 Å². The minimum Gasteiger partial charge on any atom is -0.348 e. The molecule has 1 saturated carbocycles. The molecule has 4 aromatic rings. The van der Waals surface area contributed by atoms with Gasteiger partial charge in [0.15, 0.2) is 0 Å². The maximum absolute atomic E-state index is 13.3. The van der Waals surface area contributed by atoms with E-state index in [0.717, 1.165) is 35.4 Å². The molecule has 0 saturated heterocycles. The van der Waals surface area contributed by atoms with Gasteiger partial charge in [0.2, 0.25) is 0 Å². The molecule has 1 aromatic carbocycles. The van der Waals surface area contributed by atoms with Gasteiger partial charge in [-0.25, -0.2) is 4.98 Å². The number of benzene rings is 1. The lowest BCUT2D eigenvalue weighted by molar-refractivity contribution is 0.0952. The van der Waals surface area contributed by atoms with Crippen molar-refractivity contribution >= 4 is 17.0 Å². The van der Waals surface area contributed by atoms with Crippen LogP contribution in [-0.2, 0) is 19.5 Å². The van der Waals surface area contributed by atoms with Crippen molar-refractivity contribution in [1.82, 2.24) is 20.0 Å². The molecule has 1 N–H and O–H groups in total. The molecule has 7 heteroatoms. The Bertz CT molecular complexity index is 1420. The van der Waals surface area contributed by atoms with Crippen molar-refractivity contribution in [2.24, 2.45) is 5.41 Å². The quantitative estimate of drug-likeness (QED) is 0.418. The van der Waals surface area contributed by atoms with Gasteiger partial charge in [0.25, 0.3) is 17.2 Å². The first kappa shape index (κ1) is 23.0. The third-order valence-electron chi connectivity index (χ3n) is 6.20. The molecule has 0 radical (unpaired) electrons. The third kappa shape index (κ3) is 5.34. The highest BCUT2D eigenvalue weighted by Crippen LogP contribution is 2.41. The minimum atomic E-state index is -0.155. The summed E-state index contributed by atoms with van der Waals surface area (Å²) in [6.07, 6.45) is 4.64. The van der Waals surface area contributed by atoms with Gasteiger partial charge in [-0.2, -0.15) is 0 Å². The fourth-order valence-corrected chi connectivity index (χ4v) is 4.25.